The minimum Gasteiger partial charge on any atom is -0.369 e. The molecule has 82 valence electrons. The first-order valence-electron chi connectivity index (χ1n) is 5.28. The van der Waals surface area contributed by atoms with Gasteiger partial charge in [-0.2, -0.15) is 0 Å². The van der Waals surface area contributed by atoms with E-state index in [1.54, 1.807) is 0 Å². The van der Waals surface area contributed by atoms with E-state index in [4.69, 9.17) is 5.73 Å². The highest BCUT2D eigenvalue weighted by molar-refractivity contribution is 9.10. The highest BCUT2D eigenvalue weighted by Crippen LogP contribution is 2.31. The predicted molar refractivity (Wildman–Crippen MR) is 68.3 cm³/mol. The van der Waals surface area contributed by atoms with Crippen molar-refractivity contribution in [1.82, 2.24) is 0 Å². The second-order valence-electron chi connectivity index (χ2n) is 4.78. The molecule has 1 atom stereocenters. The molecule has 1 aromatic carbocycles. The van der Waals surface area contributed by atoms with Gasteiger partial charge in [0.1, 0.15) is 0 Å². The first-order chi connectivity index (χ1) is 6.98. The van der Waals surface area contributed by atoms with Crippen molar-refractivity contribution in [3.05, 3.63) is 28.2 Å². The molecule has 0 saturated carbocycles. The Balaban J connectivity index is 2.24. The van der Waals surface area contributed by atoms with Crippen LogP contribution >= 0.6 is 15.9 Å². The van der Waals surface area contributed by atoms with Gasteiger partial charge in [-0.05, 0) is 53.9 Å². The van der Waals surface area contributed by atoms with Crippen LogP contribution in [0.25, 0.3) is 0 Å². The Kier molecular flexibility index (Phi) is 2.77. The molecule has 0 aromatic heterocycles. The number of nitrogens with zero attached hydrogens (tertiary/aromatic N) is 1. The summed E-state index contributed by atoms with van der Waals surface area (Å²) in [6.45, 7) is 6.21. The predicted octanol–water partition coefficient (Wildman–Crippen LogP) is 2.69. The van der Waals surface area contributed by atoms with Gasteiger partial charge in [-0.1, -0.05) is 6.07 Å². The lowest BCUT2D eigenvalue weighted by molar-refractivity contribution is 0.525. The van der Waals surface area contributed by atoms with Gasteiger partial charge in [0.2, 0.25) is 0 Å². The van der Waals surface area contributed by atoms with Crippen LogP contribution in [0, 0.1) is 6.92 Å². The van der Waals surface area contributed by atoms with E-state index in [-0.39, 0.29) is 5.54 Å². The zero-order valence-electron chi connectivity index (χ0n) is 9.26. The van der Waals surface area contributed by atoms with Crippen molar-refractivity contribution in [3.63, 3.8) is 0 Å². The zero-order chi connectivity index (χ0) is 11.1. The second-order valence-corrected chi connectivity index (χ2v) is 5.63. The van der Waals surface area contributed by atoms with Gasteiger partial charge in [-0.25, -0.2) is 0 Å². The molecule has 3 heteroatoms. The number of halogens is 1. The average Bonchev–Trinajstić information content (AvgIpc) is 2.46. The molecule has 1 aliphatic heterocycles. The van der Waals surface area contributed by atoms with Crippen LogP contribution < -0.4 is 10.6 Å². The molecule has 2 N–H and O–H groups in total. The quantitative estimate of drug-likeness (QED) is 0.849. The molecule has 2 nitrogen and oxygen atoms in total. The lowest BCUT2D eigenvalue weighted by atomic mass is 10.0. The van der Waals surface area contributed by atoms with Crippen molar-refractivity contribution in [2.45, 2.75) is 25.8 Å². The number of benzene rings is 1. The van der Waals surface area contributed by atoms with E-state index in [0.717, 1.165) is 19.5 Å². The Morgan fingerprint density at radius 3 is 2.73 bits per heavy atom. The molecule has 0 amide bonds. The topological polar surface area (TPSA) is 29.3 Å². The van der Waals surface area contributed by atoms with Gasteiger partial charge >= 0.3 is 0 Å². The van der Waals surface area contributed by atoms with Crippen molar-refractivity contribution in [1.29, 1.82) is 0 Å². The summed E-state index contributed by atoms with van der Waals surface area (Å²) in [6, 6.07) is 6.47. The van der Waals surface area contributed by atoms with E-state index in [1.165, 1.54) is 15.7 Å². The van der Waals surface area contributed by atoms with E-state index >= 15 is 0 Å². The van der Waals surface area contributed by atoms with Gasteiger partial charge in [0, 0.05) is 23.1 Å². The van der Waals surface area contributed by atoms with Crippen molar-refractivity contribution in [3.8, 4) is 0 Å². The minimum atomic E-state index is -0.0374. The third kappa shape index (κ3) is 2.34. The Bertz CT molecular complexity index is 374. The first-order valence-corrected chi connectivity index (χ1v) is 6.07. The summed E-state index contributed by atoms with van der Waals surface area (Å²) in [7, 11) is 0. The van der Waals surface area contributed by atoms with E-state index in [1.807, 2.05) is 0 Å². The fourth-order valence-corrected chi connectivity index (χ4v) is 2.80. The number of hydrogen-bond donors (Lipinski definition) is 1. The minimum absolute atomic E-state index is 0.0374. The zero-order valence-corrected chi connectivity index (χ0v) is 10.8. The monoisotopic (exact) mass is 268 g/mol. The molecule has 0 spiro atoms. The van der Waals surface area contributed by atoms with Crippen molar-refractivity contribution in [2.24, 2.45) is 5.73 Å². The highest BCUT2D eigenvalue weighted by Gasteiger charge is 2.30. The van der Waals surface area contributed by atoms with Gasteiger partial charge in [-0.3, -0.25) is 0 Å². The van der Waals surface area contributed by atoms with Gasteiger partial charge in [0.15, 0.2) is 0 Å². The van der Waals surface area contributed by atoms with Crippen LogP contribution in [0.1, 0.15) is 18.9 Å². The van der Waals surface area contributed by atoms with E-state index in [2.05, 4.69) is 52.9 Å². The second kappa shape index (κ2) is 3.80. The summed E-state index contributed by atoms with van der Waals surface area (Å²) < 4.78 is 1.17. The number of rotatable bonds is 1. The number of hydrogen-bond acceptors (Lipinski definition) is 2. The molecule has 0 aliphatic carbocycles. The molecule has 1 fully saturated rings. The van der Waals surface area contributed by atoms with Crippen LogP contribution in [0.2, 0.25) is 0 Å². The number of aryl methyl sites for hydroxylation is 1. The fourth-order valence-electron chi connectivity index (χ4n) is 2.06. The maximum Gasteiger partial charge on any atom is 0.0511 e. The highest BCUT2D eigenvalue weighted by atomic mass is 79.9. The molecule has 0 bridgehead atoms. The molecular formula is C12H17BrN2. The smallest absolute Gasteiger partial charge is 0.0511 e. The summed E-state index contributed by atoms with van der Waals surface area (Å²) in [5.41, 5.74) is 8.63. The Morgan fingerprint density at radius 1 is 1.47 bits per heavy atom. The van der Waals surface area contributed by atoms with Crippen molar-refractivity contribution < 1.29 is 0 Å². The third-order valence-electron chi connectivity index (χ3n) is 2.95. The van der Waals surface area contributed by atoms with E-state index in [0.29, 0.717) is 0 Å². The Morgan fingerprint density at radius 2 is 2.20 bits per heavy atom. The van der Waals surface area contributed by atoms with Crippen LogP contribution in [0.4, 0.5) is 5.69 Å². The summed E-state index contributed by atoms with van der Waals surface area (Å²) in [5.74, 6) is 0. The molecule has 1 heterocycles. The van der Waals surface area contributed by atoms with Gasteiger partial charge in [0.25, 0.3) is 0 Å². The molecule has 0 radical (unpaired) electrons. The number of anilines is 1. The summed E-state index contributed by atoms with van der Waals surface area (Å²) >= 11 is 3.61. The SMILES string of the molecule is Cc1ccc(N2CCC(C)(N)C2)c(Br)c1. The van der Waals surface area contributed by atoms with Crippen LogP contribution in [0.5, 0.6) is 0 Å². The standard InChI is InChI=1S/C12H17BrN2/c1-9-3-4-11(10(13)7-9)15-6-5-12(2,14)8-15/h3-4,7H,5-6,8,14H2,1-2H3. The summed E-state index contributed by atoms with van der Waals surface area (Å²) in [6.07, 6.45) is 1.06. The molecule has 15 heavy (non-hydrogen) atoms. The molecule has 1 saturated heterocycles. The van der Waals surface area contributed by atoms with E-state index < -0.39 is 0 Å². The average molecular weight is 269 g/mol. The molecule has 2 rings (SSSR count). The third-order valence-corrected chi connectivity index (χ3v) is 3.58. The molecular weight excluding hydrogens is 252 g/mol. The lowest BCUT2D eigenvalue weighted by Gasteiger charge is -2.22. The lowest BCUT2D eigenvalue weighted by Crippen LogP contribution is -2.39. The normalized spacial score (nSPS) is 26.0. The van der Waals surface area contributed by atoms with E-state index in [9.17, 15) is 0 Å². The van der Waals surface area contributed by atoms with Gasteiger partial charge < -0.3 is 10.6 Å². The summed E-state index contributed by atoms with van der Waals surface area (Å²) in [5, 5.41) is 0. The van der Waals surface area contributed by atoms with Gasteiger partial charge in [0.05, 0.1) is 5.69 Å². The molecule has 1 aromatic rings. The number of nitrogens with two attached hydrogens (primary N) is 1. The summed E-state index contributed by atoms with van der Waals surface area (Å²) in [4.78, 5) is 2.35. The maximum atomic E-state index is 6.13. The largest absolute Gasteiger partial charge is 0.369 e. The Hall–Kier alpha value is -0.540. The van der Waals surface area contributed by atoms with Crippen LogP contribution in [0.3, 0.4) is 0 Å². The molecule has 1 unspecified atom stereocenters. The first kappa shape index (κ1) is 11.0. The Labute approximate surface area is 99.6 Å². The maximum absolute atomic E-state index is 6.13. The van der Waals surface area contributed by atoms with Crippen LogP contribution in [0.15, 0.2) is 22.7 Å². The van der Waals surface area contributed by atoms with Gasteiger partial charge in [-0.15, -0.1) is 0 Å². The van der Waals surface area contributed by atoms with Crippen molar-refractivity contribution in [2.75, 3.05) is 18.0 Å². The van der Waals surface area contributed by atoms with Crippen molar-refractivity contribution >= 4 is 21.6 Å². The van der Waals surface area contributed by atoms with Crippen LogP contribution in [-0.2, 0) is 0 Å². The molecule has 1 aliphatic rings. The fraction of sp³-hybridized carbons (Fsp3) is 0.500. The van der Waals surface area contributed by atoms with Crippen LogP contribution in [-0.4, -0.2) is 18.6 Å².